The number of carbonyl (C=O) groups excluding carboxylic acids is 1. The smallest absolute Gasteiger partial charge is 0.325 e. The molecule has 3 heterocycles. The van der Waals surface area contributed by atoms with Gasteiger partial charge in [0.2, 0.25) is 5.89 Å². The van der Waals surface area contributed by atoms with Gasteiger partial charge in [-0.15, -0.1) is 5.10 Å². The normalized spacial score (nSPS) is 23.6. The number of hydrogen-bond acceptors (Lipinski definition) is 5. The van der Waals surface area contributed by atoms with Crippen molar-refractivity contribution in [1.82, 2.24) is 20.4 Å². The van der Waals surface area contributed by atoms with Crippen LogP contribution in [0.5, 0.6) is 0 Å². The molecule has 2 aliphatic heterocycles. The van der Waals surface area contributed by atoms with E-state index in [2.05, 4.69) is 20.8 Å². The zero-order valence-electron chi connectivity index (χ0n) is 10.9. The molecule has 1 aromatic heterocycles. The number of likely N-dealkylation sites (tertiary alicyclic amines) is 1. The Morgan fingerprint density at radius 1 is 1.26 bits per heavy atom. The monoisotopic (exact) mass is 265 g/mol. The number of rotatable bonds is 2. The summed E-state index contributed by atoms with van der Waals surface area (Å²) in [6.45, 7) is 2.58. The van der Waals surface area contributed by atoms with E-state index >= 15 is 0 Å². The Labute approximate surface area is 111 Å². The Kier molecular flexibility index (Phi) is 3.63. The van der Waals surface area contributed by atoms with Crippen LogP contribution in [0.1, 0.15) is 44.0 Å². The fourth-order valence-electron chi connectivity index (χ4n) is 2.59. The van der Waals surface area contributed by atoms with Crippen molar-refractivity contribution in [1.29, 1.82) is 0 Å². The summed E-state index contributed by atoms with van der Waals surface area (Å²) < 4.78 is 5.49. The van der Waals surface area contributed by atoms with Gasteiger partial charge in [0.25, 0.3) is 0 Å². The highest BCUT2D eigenvalue weighted by Gasteiger charge is 2.23. The summed E-state index contributed by atoms with van der Waals surface area (Å²) in [6, 6.07) is 0.182. The first-order chi connectivity index (χ1) is 9.33. The molecule has 7 nitrogen and oxygen atoms in total. The summed E-state index contributed by atoms with van der Waals surface area (Å²) in [5.74, 6) is 0.562. The minimum Gasteiger partial charge on any atom is -0.406 e. The number of nitrogens with one attached hydrogen (secondary N) is 2. The molecule has 0 aliphatic carbocycles. The predicted octanol–water partition coefficient (Wildman–Crippen LogP) is 1.51. The Bertz CT molecular complexity index is 435. The lowest BCUT2D eigenvalue weighted by Gasteiger charge is -2.25. The van der Waals surface area contributed by atoms with E-state index in [9.17, 15) is 4.79 Å². The predicted molar refractivity (Wildman–Crippen MR) is 68.7 cm³/mol. The van der Waals surface area contributed by atoms with E-state index in [0.717, 1.165) is 45.3 Å². The van der Waals surface area contributed by atoms with Crippen molar-refractivity contribution in [2.75, 3.05) is 25.0 Å². The van der Waals surface area contributed by atoms with E-state index in [1.165, 1.54) is 6.42 Å². The fourth-order valence-corrected chi connectivity index (χ4v) is 2.59. The zero-order chi connectivity index (χ0) is 13.1. The number of amides is 2. The number of hydrogen-bond donors (Lipinski definition) is 2. The van der Waals surface area contributed by atoms with Crippen molar-refractivity contribution in [3.05, 3.63) is 5.89 Å². The summed E-state index contributed by atoms with van der Waals surface area (Å²) in [5.41, 5.74) is 0. The molecule has 1 unspecified atom stereocenters. The number of piperidine rings is 1. The van der Waals surface area contributed by atoms with Crippen LogP contribution in [0.25, 0.3) is 0 Å². The van der Waals surface area contributed by atoms with Crippen molar-refractivity contribution >= 4 is 12.0 Å². The maximum absolute atomic E-state index is 12.0. The van der Waals surface area contributed by atoms with Gasteiger partial charge in [-0.2, -0.15) is 0 Å². The Hall–Kier alpha value is -1.63. The second kappa shape index (κ2) is 5.56. The quantitative estimate of drug-likeness (QED) is 0.847. The molecule has 2 aliphatic rings. The summed E-state index contributed by atoms with van der Waals surface area (Å²) >= 11 is 0. The van der Waals surface area contributed by atoms with Crippen LogP contribution in [-0.2, 0) is 0 Å². The van der Waals surface area contributed by atoms with Gasteiger partial charge >= 0.3 is 12.0 Å². The van der Waals surface area contributed by atoms with Crippen molar-refractivity contribution in [3.63, 3.8) is 0 Å². The lowest BCUT2D eigenvalue weighted by molar-refractivity contribution is 0.199. The third-order valence-electron chi connectivity index (χ3n) is 3.66. The van der Waals surface area contributed by atoms with Crippen LogP contribution >= 0.6 is 0 Å². The largest absolute Gasteiger partial charge is 0.406 e. The maximum atomic E-state index is 12.0. The van der Waals surface area contributed by atoms with Crippen LogP contribution in [0.2, 0.25) is 0 Å². The van der Waals surface area contributed by atoms with Gasteiger partial charge in [0.15, 0.2) is 0 Å². The van der Waals surface area contributed by atoms with Crippen molar-refractivity contribution < 1.29 is 9.21 Å². The summed E-state index contributed by atoms with van der Waals surface area (Å²) in [5, 5.41) is 13.8. The standard InChI is InChI=1S/C12H19N5O2/c18-12(17-7-2-1-3-8-17)14-11-16-15-10(19-11)9-5-4-6-13-9/h9,13H,1-8H2,(H,14,16,18). The second-order valence-corrected chi connectivity index (χ2v) is 5.07. The molecule has 0 spiro atoms. The van der Waals surface area contributed by atoms with Crippen LogP contribution in [0.4, 0.5) is 10.8 Å². The van der Waals surface area contributed by atoms with Gasteiger partial charge in [0.1, 0.15) is 0 Å². The maximum Gasteiger partial charge on any atom is 0.325 e. The van der Waals surface area contributed by atoms with Crippen LogP contribution in [0.3, 0.4) is 0 Å². The molecule has 0 radical (unpaired) electrons. The highest BCUT2D eigenvalue weighted by atomic mass is 16.4. The first kappa shape index (κ1) is 12.4. The SMILES string of the molecule is O=C(Nc1nnc(C2CCCN2)o1)N1CCCCC1. The van der Waals surface area contributed by atoms with Gasteiger partial charge in [0, 0.05) is 13.1 Å². The van der Waals surface area contributed by atoms with Crippen LogP contribution < -0.4 is 10.6 Å². The van der Waals surface area contributed by atoms with E-state index < -0.39 is 0 Å². The molecule has 104 valence electrons. The lowest BCUT2D eigenvalue weighted by Crippen LogP contribution is -2.38. The molecule has 2 fully saturated rings. The molecular formula is C12H19N5O2. The molecule has 1 aromatic rings. The molecule has 2 saturated heterocycles. The van der Waals surface area contributed by atoms with E-state index in [1.54, 1.807) is 4.90 Å². The van der Waals surface area contributed by atoms with Crippen LogP contribution in [-0.4, -0.2) is 40.8 Å². The van der Waals surface area contributed by atoms with E-state index in [0.29, 0.717) is 5.89 Å². The number of aromatic nitrogens is 2. The topological polar surface area (TPSA) is 83.3 Å². The summed E-state index contributed by atoms with van der Waals surface area (Å²) in [7, 11) is 0. The van der Waals surface area contributed by atoms with E-state index in [4.69, 9.17) is 4.42 Å². The number of anilines is 1. The lowest BCUT2D eigenvalue weighted by atomic mass is 10.1. The number of nitrogens with zero attached hydrogens (tertiary/aromatic N) is 3. The van der Waals surface area contributed by atoms with E-state index in [-0.39, 0.29) is 18.1 Å². The molecule has 0 aromatic carbocycles. The average molecular weight is 265 g/mol. The Morgan fingerprint density at radius 2 is 2.11 bits per heavy atom. The van der Waals surface area contributed by atoms with Crippen molar-refractivity contribution in [2.24, 2.45) is 0 Å². The minimum atomic E-state index is -0.144. The zero-order valence-corrected chi connectivity index (χ0v) is 10.9. The first-order valence-corrected chi connectivity index (χ1v) is 6.95. The molecule has 0 saturated carbocycles. The summed E-state index contributed by atoms with van der Waals surface area (Å²) in [6.07, 6.45) is 5.44. The Balaban J connectivity index is 1.58. The minimum absolute atomic E-state index is 0.133. The van der Waals surface area contributed by atoms with Crippen molar-refractivity contribution in [2.45, 2.75) is 38.1 Å². The molecule has 3 rings (SSSR count). The van der Waals surface area contributed by atoms with Crippen LogP contribution in [0.15, 0.2) is 4.42 Å². The molecule has 1 atom stereocenters. The number of carbonyl (C=O) groups is 1. The van der Waals surface area contributed by atoms with Gasteiger partial charge in [-0.1, -0.05) is 5.10 Å². The molecule has 2 N–H and O–H groups in total. The van der Waals surface area contributed by atoms with Gasteiger partial charge in [-0.25, -0.2) is 4.79 Å². The van der Waals surface area contributed by atoms with Crippen molar-refractivity contribution in [3.8, 4) is 0 Å². The second-order valence-electron chi connectivity index (χ2n) is 5.07. The van der Waals surface area contributed by atoms with Gasteiger partial charge < -0.3 is 14.6 Å². The fraction of sp³-hybridized carbons (Fsp3) is 0.750. The average Bonchev–Trinajstić information content (AvgIpc) is 3.10. The van der Waals surface area contributed by atoms with Gasteiger partial charge in [0.05, 0.1) is 6.04 Å². The molecule has 0 bridgehead atoms. The third-order valence-corrected chi connectivity index (χ3v) is 3.66. The molecule has 7 heteroatoms. The highest BCUT2D eigenvalue weighted by molar-refractivity contribution is 5.87. The summed E-state index contributed by atoms with van der Waals surface area (Å²) in [4.78, 5) is 13.8. The van der Waals surface area contributed by atoms with Gasteiger partial charge in [-0.05, 0) is 38.6 Å². The van der Waals surface area contributed by atoms with E-state index in [1.807, 2.05) is 0 Å². The first-order valence-electron chi connectivity index (χ1n) is 6.95. The Morgan fingerprint density at radius 3 is 2.84 bits per heavy atom. The molecular weight excluding hydrogens is 246 g/mol. The third kappa shape index (κ3) is 2.86. The molecule has 2 amide bonds. The number of urea groups is 1. The molecule has 19 heavy (non-hydrogen) atoms. The highest BCUT2D eigenvalue weighted by Crippen LogP contribution is 2.23. The van der Waals surface area contributed by atoms with Gasteiger partial charge in [-0.3, -0.25) is 5.32 Å². The van der Waals surface area contributed by atoms with Crippen LogP contribution in [0, 0.1) is 0 Å².